The van der Waals surface area contributed by atoms with Crippen molar-refractivity contribution in [1.82, 2.24) is 15.0 Å². The zero-order valence-electron chi connectivity index (χ0n) is 33.4. The third-order valence-corrected chi connectivity index (χ3v) is 11.7. The molecule has 5 nitrogen and oxygen atoms in total. The van der Waals surface area contributed by atoms with Crippen LogP contribution < -0.4 is 0 Å². The van der Waals surface area contributed by atoms with Crippen molar-refractivity contribution in [2.24, 2.45) is 0 Å². The van der Waals surface area contributed by atoms with E-state index in [0.29, 0.717) is 17.5 Å². The van der Waals surface area contributed by atoms with Gasteiger partial charge in [-0.3, -0.25) is 0 Å². The number of para-hydroxylation sites is 1. The number of nitrogens with zero attached hydrogens (tertiary/aromatic N) is 3. The van der Waals surface area contributed by atoms with Crippen LogP contribution in [0.3, 0.4) is 0 Å². The topological polar surface area (TPSA) is 65.0 Å². The van der Waals surface area contributed by atoms with Gasteiger partial charge in [0.25, 0.3) is 0 Å². The molecule has 0 bridgehead atoms. The van der Waals surface area contributed by atoms with E-state index in [1.807, 2.05) is 42.5 Å². The average Bonchev–Trinajstić information content (AvgIpc) is 3.93. The quantitative estimate of drug-likeness (QED) is 0.161. The van der Waals surface area contributed by atoms with Gasteiger partial charge in [0.1, 0.15) is 22.3 Å². The Morgan fingerprint density at radius 1 is 0.242 bits per heavy atom. The van der Waals surface area contributed by atoms with Gasteiger partial charge in [-0.25, -0.2) is 15.0 Å². The van der Waals surface area contributed by atoms with E-state index in [1.54, 1.807) is 0 Å². The van der Waals surface area contributed by atoms with Gasteiger partial charge in [-0.2, -0.15) is 0 Å². The summed E-state index contributed by atoms with van der Waals surface area (Å²) in [6.07, 6.45) is 0. The first-order valence-corrected chi connectivity index (χ1v) is 20.7. The highest BCUT2D eigenvalue weighted by Gasteiger charge is 2.20. The van der Waals surface area contributed by atoms with Gasteiger partial charge in [-0.1, -0.05) is 158 Å². The second-order valence-corrected chi connectivity index (χ2v) is 15.6. The Bertz CT molecular complexity index is 3570. The van der Waals surface area contributed by atoms with E-state index in [0.717, 1.165) is 93.9 Å². The SMILES string of the molecule is c1ccc(-c2cccc(-c3nc(-c4ccc5c(c4)oc4cccc(-c6cc(-c7ccccc7)cc(-c7ccccc7)c6)c45)nc(-c4cccc5oc6ccccc6c45)n3)c2)cc1. The van der Waals surface area contributed by atoms with Crippen molar-refractivity contribution in [3.8, 4) is 78.7 Å². The lowest BCUT2D eigenvalue weighted by molar-refractivity contribution is 0.668. The normalized spacial score (nSPS) is 11.5. The zero-order chi connectivity index (χ0) is 41.0. The number of hydrogen-bond acceptors (Lipinski definition) is 5. The molecular formula is C57H35N3O2. The predicted octanol–water partition coefficient (Wildman–Crippen LogP) is 15.3. The van der Waals surface area contributed by atoms with Crippen molar-refractivity contribution < 1.29 is 8.83 Å². The molecule has 0 aliphatic rings. The molecule has 3 aromatic heterocycles. The van der Waals surface area contributed by atoms with Crippen LogP contribution in [0.5, 0.6) is 0 Å². The van der Waals surface area contributed by atoms with Crippen molar-refractivity contribution in [2.45, 2.75) is 0 Å². The number of hydrogen-bond donors (Lipinski definition) is 0. The summed E-state index contributed by atoms with van der Waals surface area (Å²) >= 11 is 0. The Morgan fingerprint density at radius 3 is 1.35 bits per heavy atom. The molecule has 0 N–H and O–H groups in total. The van der Waals surface area contributed by atoms with Crippen LogP contribution in [0.25, 0.3) is 123 Å². The summed E-state index contributed by atoms with van der Waals surface area (Å²) in [5.74, 6) is 1.68. The Labute approximate surface area is 357 Å². The second kappa shape index (κ2) is 14.7. The van der Waals surface area contributed by atoms with Gasteiger partial charge in [-0.15, -0.1) is 0 Å². The van der Waals surface area contributed by atoms with E-state index in [-0.39, 0.29) is 0 Å². The molecule has 0 fully saturated rings. The van der Waals surface area contributed by atoms with Crippen LogP contribution in [-0.4, -0.2) is 15.0 Å². The minimum atomic E-state index is 0.547. The van der Waals surface area contributed by atoms with Gasteiger partial charge >= 0.3 is 0 Å². The Balaban J connectivity index is 1.03. The fraction of sp³-hybridized carbons (Fsp3) is 0. The molecule has 0 unspecified atom stereocenters. The molecule has 0 aliphatic carbocycles. The Hall–Kier alpha value is -8.41. The van der Waals surface area contributed by atoms with E-state index in [4.69, 9.17) is 23.8 Å². The number of furan rings is 2. The van der Waals surface area contributed by atoms with Crippen molar-refractivity contribution in [3.05, 3.63) is 212 Å². The molecule has 3 heterocycles. The first kappa shape index (κ1) is 35.5. The van der Waals surface area contributed by atoms with Crippen LogP contribution in [0.1, 0.15) is 0 Å². The Morgan fingerprint density at radius 2 is 0.677 bits per heavy atom. The van der Waals surface area contributed by atoms with Gasteiger partial charge in [0.2, 0.25) is 0 Å². The van der Waals surface area contributed by atoms with Crippen LogP contribution in [-0.2, 0) is 0 Å². The summed E-state index contributed by atoms with van der Waals surface area (Å²) in [7, 11) is 0. The highest BCUT2D eigenvalue weighted by molar-refractivity contribution is 6.14. The van der Waals surface area contributed by atoms with Crippen LogP contribution in [0.15, 0.2) is 221 Å². The van der Waals surface area contributed by atoms with Gasteiger partial charge in [0, 0.05) is 38.2 Å². The minimum Gasteiger partial charge on any atom is -0.456 e. The van der Waals surface area contributed by atoms with E-state index < -0.39 is 0 Å². The summed E-state index contributed by atoms with van der Waals surface area (Å²) in [5, 5.41) is 4.06. The zero-order valence-corrected chi connectivity index (χ0v) is 33.4. The van der Waals surface area contributed by atoms with E-state index in [2.05, 4.69) is 170 Å². The van der Waals surface area contributed by atoms with Crippen molar-refractivity contribution in [2.75, 3.05) is 0 Å². The predicted molar refractivity (Wildman–Crippen MR) is 252 cm³/mol. The number of aromatic nitrogens is 3. The summed E-state index contributed by atoms with van der Waals surface area (Å²) < 4.78 is 13.0. The minimum absolute atomic E-state index is 0.547. The molecule has 9 aromatic carbocycles. The first-order valence-electron chi connectivity index (χ1n) is 20.7. The van der Waals surface area contributed by atoms with Crippen molar-refractivity contribution in [3.63, 3.8) is 0 Å². The molecule has 62 heavy (non-hydrogen) atoms. The van der Waals surface area contributed by atoms with E-state index >= 15 is 0 Å². The van der Waals surface area contributed by atoms with Crippen molar-refractivity contribution in [1.29, 1.82) is 0 Å². The van der Waals surface area contributed by atoms with E-state index in [1.165, 1.54) is 11.1 Å². The van der Waals surface area contributed by atoms with Crippen LogP contribution in [0.2, 0.25) is 0 Å². The number of benzene rings is 9. The van der Waals surface area contributed by atoms with Crippen LogP contribution in [0.4, 0.5) is 0 Å². The molecule has 0 aliphatic heterocycles. The largest absolute Gasteiger partial charge is 0.456 e. The van der Waals surface area contributed by atoms with Crippen LogP contribution in [0, 0.1) is 0 Å². The van der Waals surface area contributed by atoms with Crippen molar-refractivity contribution >= 4 is 43.9 Å². The molecule has 5 heteroatoms. The standard InChI is InChI=1S/C57H35N3O2/c1-4-15-36(16-5-1)39-21-12-22-40(31-39)55-58-56(60-57(59-55)48-25-14-28-51-54(48)46-23-10-11-26-49(46)61-51)41-29-30-47-52(35-41)62-50-27-13-24-45(53(47)50)44-33-42(37-17-6-2-7-18-37)32-43(34-44)38-19-8-3-9-20-38/h1-35H. The lowest BCUT2D eigenvalue weighted by atomic mass is 9.91. The average molecular weight is 794 g/mol. The fourth-order valence-electron chi connectivity index (χ4n) is 8.77. The highest BCUT2D eigenvalue weighted by atomic mass is 16.3. The molecular weight excluding hydrogens is 759 g/mol. The van der Waals surface area contributed by atoms with Crippen LogP contribution >= 0.6 is 0 Å². The molecule has 0 saturated heterocycles. The van der Waals surface area contributed by atoms with E-state index in [9.17, 15) is 0 Å². The van der Waals surface area contributed by atoms with Gasteiger partial charge in [0.05, 0.1) is 0 Å². The number of fused-ring (bicyclic) bond motifs is 6. The molecule has 0 spiro atoms. The molecule has 0 saturated carbocycles. The first-order chi connectivity index (χ1) is 30.7. The molecule has 290 valence electrons. The summed E-state index contributed by atoms with van der Waals surface area (Å²) in [6, 6.07) is 73.5. The smallest absolute Gasteiger partial charge is 0.164 e. The lowest BCUT2D eigenvalue weighted by Crippen LogP contribution is -2.00. The summed E-state index contributed by atoms with van der Waals surface area (Å²) in [4.78, 5) is 15.6. The summed E-state index contributed by atoms with van der Waals surface area (Å²) in [5.41, 5.74) is 14.8. The molecule has 12 rings (SSSR count). The lowest BCUT2D eigenvalue weighted by Gasteiger charge is -2.12. The third-order valence-electron chi connectivity index (χ3n) is 11.7. The molecule has 0 radical (unpaired) electrons. The van der Waals surface area contributed by atoms with Gasteiger partial charge in [-0.05, 0) is 99.1 Å². The second-order valence-electron chi connectivity index (χ2n) is 15.6. The van der Waals surface area contributed by atoms with Gasteiger partial charge in [0.15, 0.2) is 17.5 Å². The monoisotopic (exact) mass is 793 g/mol. The number of rotatable bonds is 7. The molecule has 0 amide bonds. The maximum absolute atomic E-state index is 6.71. The maximum Gasteiger partial charge on any atom is 0.164 e. The summed E-state index contributed by atoms with van der Waals surface area (Å²) in [6.45, 7) is 0. The Kier molecular flexibility index (Phi) is 8.42. The van der Waals surface area contributed by atoms with Gasteiger partial charge < -0.3 is 8.83 Å². The molecule has 0 atom stereocenters. The highest BCUT2D eigenvalue weighted by Crippen LogP contribution is 2.42. The third kappa shape index (κ3) is 6.23. The maximum atomic E-state index is 6.71. The fourth-order valence-corrected chi connectivity index (χ4v) is 8.77. The molecule has 12 aromatic rings.